The monoisotopic (exact) mass is 420 g/mol. The molecular formula is C20H19F3N4O3. The first-order chi connectivity index (χ1) is 14.4. The van der Waals surface area contributed by atoms with E-state index in [4.69, 9.17) is 9.47 Å². The molecule has 1 aliphatic rings. The van der Waals surface area contributed by atoms with Crippen LogP contribution in [0.2, 0.25) is 0 Å². The van der Waals surface area contributed by atoms with E-state index < -0.39 is 23.4 Å². The second kappa shape index (κ2) is 8.31. The van der Waals surface area contributed by atoms with Crippen molar-refractivity contribution < 1.29 is 22.6 Å². The Morgan fingerprint density at radius 1 is 1.37 bits per heavy atom. The van der Waals surface area contributed by atoms with Crippen molar-refractivity contribution in [3.8, 4) is 5.75 Å². The summed E-state index contributed by atoms with van der Waals surface area (Å²) in [6.45, 7) is 2.52. The Morgan fingerprint density at radius 3 is 2.93 bits per heavy atom. The van der Waals surface area contributed by atoms with Gasteiger partial charge >= 0.3 is 0 Å². The predicted octanol–water partition coefficient (Wildman–Crippen LogP) is 3.48. The van der Waals surface area contributed by atoms with Gasteiger partial charge in [0, 0.05) is 24.6 Å². The Kier molecular flexibility index (Phi) is 5.58. The van der Waals surface area contributed by atoms with Crippen molar-refractivity contribution in [2.45, 2.75) is 32.4 Å². The van der Waals surface area contributed by atoms with E-state index in [0.29, 0.717) is 36.7 Å². The van der Waals surface area contributed by atoms with Crippen molar-refractivity contribution in [2.24, 2.45) is 0 Å². The predicted molar refractivity (Wildman–Crippen MR) is 103 cm³/mol. The number of rotatable bonds is 6. The van der Waals surface area contributed by atoms with E-state index in [1.807, 2.05) is 0 Å². The number of ether oxygens (including phenoxy) is 2. The Bertz CT molecular complexity index is 1130. The summed E-state index contributed by atoms with van der Waals surface area (Å²) in [5.74, 6) is -0.170. The molecule has 0 amide bonds. The number of pyridine rings is 1. The Balaban J connectivity index is 1.66. The van der Waals surface area contributed by atoms with Gasteiger partial charge in [-0.25, -0.2) is 23.1 Å². The quantitative estimate of drug-likeness (QED) is 0.635. The Hall–Kier alpha value is -3.14. The van der Waals surface area contributed by atoms with Gasteiger partial charge in [-0.05, 0) is 6.92 Å². The molecule has 1 atom stereocenters. The molecule has 0 spiro atoms. The molecule has 2 aromatic heterocycles. The molecule has 0 radical (unpaired) electrons. The van der Waals surface area contributed by atoms with Gasteiger partial charge in [-0.1, -0.05) is 18.2 Å². The molecule has 7 nitrogen and oxygen atoms in total. The molecule has 1 aromatic carbocycles. The summed E-state index contributed by atoms with van der Waals surface area (Å²) in [5, 5.41) is 3.41. The normalized spacial score (nSPS) is 16.4. The largest absolute Gasteiger partial charge is 0.482 e. The fourth-order valence-corrected chi connectivity index (χ4v) is 3.27. The fourth-order valence-electron chi connectivity index (χ4n) is 3.27. The zero-order chi connectivity index (χ0) is 21.3. The summed E-state index contributed by atoms with van der Waals surface area (Å²) in [6.07, 6.45) is -2.46. The van der Waals surface area contributed by atoms with Crippen LogP contribution in [0, 0.1) is 12.7 Å². The van der Waals surface area contributed by atoms with Crippen LogP contribution in [0.5, 0.6) is 5.75 Å². The SMILES string of the molecule is Cc1nc(NCc2cccc(C(F)F)c2F)c2cc(OC3CCOC3)c(=O)[nH]c2n1. The van der Waals surface area contributed by atoms with E-state index >= 15 is 0 Å². The summed E-state index contributed by atoms with van der Waals surface area (Å²) in [5.41, 5.74) is -0.737. The number of nitrogens with zero attached hydrogens (tertiary/aromatic N) is 2. The third kappa shape index (κ3) is 4.09. The lowest BCUT2D eigenvalue weighted by Crippen LogP contribution is -2.21. The molecule has 1 fully saturated rings. The maximum absolute atomic E-state index is 14.3. The van der Waals surface area contributed by atoms with Gasteiger partial charge in [0.15, 0.2) is 5.75 Å². The number of fused-ring (bicyclic) bond motifs is 1. The van der Waals surface area contributed by atoms with Crippen LogP contribution in [-0.4, -0.2) is 34.3 Å². The number of aromatic amines is 1. The van der Waals surface area contributed by atoms with Crippen molar-refractivity contribution in [3.05, 3.63) is 57.4 Å². The molecule has 3 heterocycles. The fraction of sp³-hybridized carbons (Fsp3) is 0.350. The van der Waals surface area contributed by atoms with Crippen molar-refractivity contribution in [1.82, 2.24) is 15.0 Å². The van der Waals surface area contributed by atoms with Gasteiger partial charge in [0.25, 0.3) is 12.0 Å². The number of nitrogens with one attached hydrogen (secondary N) is 2. The van der Waals surface area contributed by atoms with Gasteiger partial charge in [0.2, 0.25) is 0 Å². The first-order valence-corrected chi connectivity index (χ1v) is 9.37. The number of hydrogen-bond donors (Lipinski definition) is 2. The van der Waals surface area contributed by atoms with Gasteiger partial charge in [-0.3, -0.25) is 4.79 Å². The molecule has 0 bridgehead atoms. The van der Waals surface area contributed by atoms with Crippen LogP contribution < -0.4 is 15.6 Å². The summed E-state index contributed by atoms with van der Waals surface area (Å²) >= 11 is 0. The number of benzene rings is 1. The van der Waals surface area contributed by atoms with Gasteiger partial charge in [-0.15, -0.1) is 0 Å². The molecule has 0 aliphatic carbocycles. The van der Waals surface area contributed by atoms with Gasteiger partial charge < -0.3 is 19.8 Å². The molecule has 4 rings (SSSR count). The van der Waals surface area contributed by atoms with Gasteiger partial charge in [0.1, 0.15) is 29.2 Å². The van der Waals surface area contributed by atoms with Crippen LogP contribution in [0.25, 0.3) is 11.0 Å². The summed E-state index contributed by atoms with van der Waals surface area (Å²) in [7, 11) is 0. The van der Waals surface area contributed by atoms with Crippen LogP contribution in [0.15, 0.2) is 29.1 Å². The number of halogens is 3. The Labute approximate surface area is 169 Å². The van der Waals surface area contributed by atoms with E-state index in [-0.39, 0.29) is 29.6 Å². The summed E-state index contributed by atoms with van der Waals surface area (Å²) < 4.78 is 51.2. The zero-order valence-electron chi connectivity index (χ0n) is 16.0. The lowest BCUT2D eigenvalue weighted by Gasteiger charge is -2.14. The van der Waals surface area contributed by atoms with Crippen LogP contribution in [0.4, 0.5) is 19.0 Å². The number of anilines is 1. The lowest BCUT2D eigenvalue weighted by atomic mass is 10.1. The maximum Gasteiger partial charge on any atom is 0.291 e. The molecule has 0 saturated carbocycles. The highest BCUT2D eigenvalue weighted by atomic mass is 19.3. The molecular weight excluding hydrogens is 401 g/mol. The highest BCUT2D eigenvalue weighted by Gasteiger charge is 2.20. The van der Waals surface area contributed by atoms with E-state index in [0.717, 1.165) is 6.07 Å². The minimum Gasteiger partial charge on any atom is -0.482 e. The molecule has 3 aromatic rings. The standard InChI is InChI=1S/C20H19F3N4O3/c1-10-25-18(24-8-11-3-2-4-13(16(11)21)17(22)23)14-7-15(20(28)27-19(14)26-10)30-12-5-6-29-9-12/h2-4,7,12,17H,5-6,8-9H2,1H3,(H2,24,25,26,27,28). The average Bonchev–Trinajstić information content (AvgIpc) is 3.21. The highest BCUT2D eigenvalue weighted by Crippen LogP contribution is 2.26. The zero-order valence-corrected chi connectivity index (χ0v) is 16.0. The number of aryl methyl sites for hydroxylation is 1. The lowest BCUT2D eigenvalue weighted by molar-refractivity contribution is 0.140. The number of H-pyrrole nitrogens is 1. The maximum atomic E-state index is 14.3. The second-order valence-electron chi connectivity index (χ2n) is 6.92. The van der Waals surface area contributed by atoms with Crippen LogP contribution in [0.3, 0.4) is 0 Å². The van der Waals surface area contributed by atoms with E-state index in [9.17, 15) is 18.0 Å². The molecule has 1 unspecified atom stereocenters. The van der Waals surface area contributed by atoms with Crippen LogP contribution in [-0.2, 0) is 11.3 Å². The van der Waals surface area contributed by atoms with Gasteiger partial charge in [-0.2, -0.15) is 0 Å². The van der Waals surface area contributed by atoms with Crippen molar-refractivity contribution in [1.29, 1.82) is 0 Å². The smallest absolute Gasteiger partial charge is 0.291 e. The van der Waals surface area contributed by atoms with Gasteiger partial charge in [0.05, 0.1) is 24.2 Å². The Morgan fingerprint density at radius 2 is 2.20 bits per heavy atom. The summed E-state index contributed by atoms with van der Waals surface area (Å²) in [4.78, 5) is 23.5. The number of alkyl halides is 2. The molecule has 158 valence electrons. The second-order valence-corrected chi connectivity index (χ2v) is 6.92. The third-order valence-corrected chi connectivity index (χ3v) is 4.76. The minimum absolute atomic E-state index is 0.0706. The number of hydrogen-bond acceptors (Lipinski definition) is 6. The van der Waals surface area contributed by atoms with E-state index in [1.165, 1.54) is 18.2 Å². The summed E-state index contributed by atoms with van der Waals surface area (Å²) in [6, 6.07) is 5.36. The van der Waals surface area contributed by atoms with Crippen LogP contribution >= 0.6 is 0 Å². The third-order valence-electron chi connectivity index (χ3n) is 4.76. The molecule has 30 heavy (non-hydrogen) atoms. The topological polar surface area (TPSA) is 89.1 Å². The van der Waals surface area contributed by atoms with E-state index in [2.05, 4.69) is 20.3 Å². The van der Waals surface area contributed by atoms with Crippen LogP contribution in [0.1, 0.15) is 29.8 Å². The highest BCUT2D eigenvalue weighted by molar-refractivity contribution is 5.87. The molecule has 10 heteroatoms. The average molecular weight is 420 g/mol. The van der Waals surface area contributed by atoms with Crippen molar-refractivity contribution >= 4 is 16.9 Å². The first kappa shape index (κ1) is 20.1. The molecule has 2 N–H and O–H groups in total. The van der Waals surface area contributed by atoms with E-state index in [1.54, 1.807) is 6.92 Å². The number of aromatic nitrogens is 3. The molecule has 1 saturated heterocycles. The molecule has 1 aliphatic heterocycles. The van der Waals surface area contributed by atoms with Crippen molar-refractivity contribution in [2.75, 3.05) is 18.5 Å². The first-order valence-electron chi connectivity index (χ1n) is 9.37. The minimum atomic E-state index is -2.91. The van der Waals surface area contributed by atoms with Crippen molar-refractivity contribution in [3.63, 3.8) is 0 Å².